The predicted molar refractivity (Wildman–Crippen MR) is 106 cm³/mol. The number of amides is 2. The van der Waals surface area contributed by atoms with Crippen LogP contribution in [0.2, 0.25) is 0 Å². The zero-order chi connectivity index (χ0) is 20.2. The number of ether oxygens (including phenoxy) is 1. The first-order valence-electron chi connectivity index (χ1n) is 9.82. The third-order valence-electron chi connectivity index (χ3n) is 5.86. The van der Waals surface area contributed by atoms with Crippen molar-refractivity contribution in [2.45, 2.75) is 56.1 Å². The van der Waals surface area contributed by atoms with Crippen LogP contribution in [-0.2, 0) is 42.1 Å². The fraction of sp³-hybridized carbons (Fsp3) is 0.474. The van der Waals surface area contributed by atoms with Gasteiger partial charge in [0.1, 0.15) is 11.0 Å². The smallest absolute Gasteiger partial charge is 0.354 e. The van der Waals surface area contributed by atoms with E-state index in [4.69, 9.17) is 9.88 Å². The highest BCUT2D eigenvalue weighted by molar-refractivity contribution is 7.91. The molecule has 2 heterocycles. The predicted octanol–water partition coefficient (Wildman–Crippen LogP) is 1.55. The first-order chi connectivity index (χ1) is 14.0. The summed E-state index contributed by atoms with van der Waals surface area (Å²) in [6, 6.07) is 1.54. The summed E-state index contributed by atoms with van der Waals surface area (Å²) >= 11 is 0. The van der Waals surface area contributed by atoms with Gasteiger partial charge in [0.05, 0.1) is 19.3 Å². The van der Waals surface area contributed by atoms with Gasteiger partial charge in [0, 0.05) is 5.69 Å². The minimum atomic E-state index is -3.55. The number of carbonyl (C=O) groups excluding carboxylic acids is 1. The van der Waals surface area contributed by atoms with E-state index in [1.54, 1.807) is 0 Å². The Balaban J connectivity index is 1.46. The lowest BCUT2D eigenvalue weighted by Crippen LogP contribution is -2.21. The van der Waals surface area contributed by atoms with Gasteiger partial charge in [-0.2, -0.15) is 5.10 Å². The Kier molecular flexibility index (Phi) is 4.37. The normalized spacial score (nSPS) is 21.1. The van der Waals surface area contributed by atoms with Gasteiger partial charge in [-0.1, -0.05) is 6.07 Å². The Morgan fingerprint density at radius 2 is 2.00 bits per heavy atom. The van der Waals surface area contributed by atoms with Gasteiger partial charge in [-0.05, 0) is 60.8 Å². The van der Waals surface area contributed by atoms with Crippen molar-refractivity contribution in [3.63, 3.8) is 0 Å². The number of aliphatic hydroxyl groups is 1. The monoisotopic (exact) mass is 417 g/mol. The number of hydrogen-bond acceptors (Lipinski definition) is 5. The standard InChI is InChI=1S/C19H23N5O4S/c20-29(27,16-8-21-24-9-13(10-25)28-18(16)24)23-19(26)22-17-14-5-1-3-11(14)7-12-4-2-6-15(12)17/h7-8,13,25H,1-6,9-10H2,(H3,20,22,23,26,27)/t13-,29+/m1/s1. The molecule has 0 fully saturated rings. The molecule has 5 rings (SSSR count). The van der Waals surface area contributed by atoms with E-state index < -0.39 is 22.1 Å². The van der Waals surface area contributed by atoms with Crippen molar-refractivity contribution in [3.8, 4) is 5.88 Å². The highest BCUT2D eigenvalue weighted by atomic mass is 32.2. The lowest BCUT2D eigenvalue weighted by atomic mass is 9.99. The molecule has 0 bridgehead atoms. The molecule has 4 N–H and O–H groups in total. The van der Waals surface area contributed by atoms with Crippen LogP contribution in [0.3, 0.4) is 0 Å². The molecular weight excluding hydrogens is 394 g/mol. The molecule has 2 amide bonds. The van der Waals surface area contributed by atoms with E-state index in [-0.39, 0.29) is 17.4 Å². The Hall–Kier alpha value is -2.43. The minimum Gasteiger partial charge on any atom is -0.469 e. The minimum absolute atomic E-state index is 0.0621. The van der Waals surface area contributed by atoms with Gasteiger partial charge < -0.3 is 15.2 Å². The molecule has 2 atom stereocenters. The molecule has 0 radical (unpaired) electrons. The number of nitrogens with zero attached hydrogens (tertiary/aromatic N) is 3. The Bertz CT molecular complexity index is 1100. The lowest BCUT2D eigenvalue weighted by Gasteiger charge is -2.15. The van der Waals surface area contributed by atoms with Gasteiger partial charge in [-0.25, -0.2) is 18.8 Å². The van der Waals surface area contributed by atoms with Crippen molar-refractivity contribution in [2.24, 2.45) is 9.50 Å². The zero-order valence-corrected chi connectivity index (χ0v) is 16.7. The van der Waals surface area contributed by atoms with Crippen molar-refractivity contribution in [1.82, 2.24) is 9.78 Å². The van der Waals surface area contributed by atoms with Crippen LogP contribution in [0.4, 0.5) is 10.5 Å². The molecule has 0 spiro atoms. The lowest BCUT2D eigenvalue weighted by molar-refractivity contribution is 0.130. The maximum atomic E-state index is 13.0. The molecule has 0 saturated carbocycles. The maximum absolute atomic E-state index is 13.0. The number of anilines is 1. The van der Waals surface area contributed by atoms with Crippen LogP contribution in [-0.4, -0.2) is 37.8 Å². The first-order valence-corrected chi connectivity index (χ1v) is 11.4. The number of urea groups is 1. The fourth-order valence-electron chi connectivity index (χ4n) is 4.56. The SMILES string of the molecule is N[S@](=O)(=NC(=O)Nc1c2c(cc3c1CCC3)CCC2)c1cnn2c1O[C@@H](CO)C2. The summed E-state index contributed by atoms with van der Waals surface area (Å²) in [4.78, 5) is 12.8. The van der Waals surface area contributed by atoms with Crippen LogP contribution in [0.15, 0.2) is 21.5 Å². The van der Waals surface area contributed by atoms with Gasteiger partial charge >= 0.3 is 6.03 Å². The maximum Gasteiger partial charge on any atom is 0.354 e. The van der Waals surface area contributed by atoms with E-state index in [2.05, 4.69) is 20.8 Å². The fourth-order valence-corrected chi connectivity index (χ4v) is 5.55. The summed E-state index contributed by atoms with van der Waals surface area (Å²) in [5.74, 6) is 0.189. The molecular formula is C19H23N5O4S. The summed E-state index contributed by atoms with van der Waals surface area (Å²) < 4.78 is 23.8. The highest BCUT2D eigenvalue weighted by Crippen LogP contribution is 2.38. The summed E-state index contributed by atoms with van der Waals surface area (Å²) in [6.07, 6.45) is 6.84. The van der Waals surface area contributed by atoms with Crippen molar-refractivity contribution in [3.05, 3.63) is 34.5 Å². The van der Waals surface area contributed by atoms with Crippen LogP contribution >= 0.6 is 0 Å². The molecule has 2 aliphatic carbocycles. The average Bonchev–Trinajstić information content (AvgIpc) is 3.43. The Morgan fingerprint density at radius 3 is 2.66 bits per heavy atom. The van der Waals surface area contributed by atoms with Gasteiger partial charge in [-0.3, -0.25) is 0 Å². The number of carbonyl (C=O) groups is 1. The number of nitrogens with one attached hydrogen (secondary N) is 1. The number of nitrogens with two attached hydrogens (primary N) is 1. The van der Waals surface area contributed by atoms with Crippen LogP contribution in [0.5, 0.6) is 5.88 Å². The number of fused-ring (bicyclic) bond motifs is 3. The number of benzene rings is 1. The van der Waals surface area contributed by atoms with Crippen molar-refractivity contribution in [1.29, 1.82) is 0 Å². The van der Waals surface area contributed by atoms with Crippen LogP contribution in [0.1, 0.15) is 35.1 Å². The highest BCUT2D eigenvalue weighted by Gasteiger charge is 2.31. The Morgan fingerprint density at radius 1 is 1.31 bits per heavy atom. The second-order valence-electron chi connectivity index (χ2n) is 7.74. The number of aliphatic hydroxyl groups excluding tert-OH is 1. The molecule has 3 aliphatic rings. The molecule has 1 aromatic carbocycles. The van der Waals surface area contributed by atoms with E-state index in [0.717, 1.165) is 44.2 Å². The average molecular weight is 417 g/mol. The van der Waals surface area contributed by atoms with Gasteiger partial charge in [0.25, 0.3) is 0 Å². The first kappa shape index (κ1) is 18.6. The second kappa shape index (κ2) is 6.82. The van der Waals surface area contributed by atoms with E-state index in [9.17, 15) is 14.1 Å². The van der Waals surface area contributed by atoms with Crippen LogP contribution in [0, 0.1) is 0 Å². The topological polar surface area (TPSA) is 132 Å². The number of aryl methyl sites for hydroxylation is 2. The van der Waals surface area contributed by atoms with Gasteiger partial charge in [-0.15, -0.1) is 4.36 Å². The van der Waals surface area contributed by atoms with E-state index in [0.29, 0.717) is 6.54 Å². The molecule has 29 heavy (non-hydrogen) atoms. The third-order valence-corrected chi connectivity index (χ3v) is 7.20. The van der Waals surface area contributed by atoms with Gasteiger partial charge in [0.15, 0.2) is 9.92 Å². The van der Waals surface area contributed by atoms with E-state index in [1.165, 1.54) is 33.1 Å². The zero-order valence-electron chi connectivity index (χ0n) is 15.9. The summed E-state index contributed by atoms with van der Waals surface area (Å²) in [5.41, 5.74) is 5.73. The summed E-state index contributed by atoms with van der Waals surface area (Å²) in [6.45, 7) is 0.131. The molecule has 10 heteroatoms. The number of rotatable bonds is 3. The molecule has 0 unspecified atom stereocenters. The van der Waals surface area contributed by atoms with Crippen LogP contribution in [0.25, 0.3) is 0 Å². The largest absolute Gasteiger partial charge is 0.469 e. The van der Waals surface area contributed by atoms with E-state index >= 15 is 0 Å². The summed E-state index contributed by atoms with van der Waals surface area (Å²) in [5, 5.41) is 22.1. The third kappa shape index (κ3) is 3.11. The molecule has 1 aromatic heterocycles. The van der Waals surface area contributed by atoms with Gasteiger partial charge in [0.2, 0.25) is 5.88 Å². The van der Waals surface area contributed by atoms with Crippen LogP contribution < -0.4 is 15.2 Å². The summed E-state index contributed by atoms with van der Waals surface area (Å²) in [7, 11) is -3.55. The molecule has 154 valence electrons. The quantitative estimate of drug-likeness (QED) is 0.697. The number of hydrogen-bond donors (Lipinski definition) is 3. The molecule has 1 aliphatic heterocycles. The van der Waals surface area contributed by atoms with Crippen molar-refractivity contribution >= 4 is 21.6 Å². The molecule has 9 nitrogen and oxygen atoms in total. The molecule has 0 saturated heterocycles. The molecule has 2 aromatic rings. The van der Waals surface area contributed by atoms with Crippen molar-refractivity contribution in [2.75, 3.05) is 11.9 Å². The Labute approximate surface area is 168 Å². The number of aromatic nitrogens is 2. The van der Waals surface area contributed by atoms with E-state index in [1.807, 2.05) is 0 Å². The second-order valence-corrected chi connectivity index (χ2v) is 9.50. The van der Waals surface area contributed by atoms with Crippen molar-refractivity contribution < 1.29 is 18.8 Å².